The summed E-state index contributed by atoms with van der Waals surface area (Å²) in [5.41, 5.74) is 2.53. The fraction of sp³-hybridized carbons (Fsp3) is 0.143. The maximum atomic E-state index is 14.7. The van der Waals surface area contributed by atoms with Crippen LogP contribution in [0.25, 0.3) is 6.08 Å². The van der Waals surface area contributed by atoms with E-state index in [1.165, 1.54) is 6.92 Å². The molecule has 7 nitrogen and oxygen atoms in total. The predicted molar refractivity (Wildman–Crippen MR) is 157 cm³/mol. The largest absolute Gasteiger partial charge is 0.427 e. The molecule has 206 valence electrons. The zero-order valence-corrected chi connectivity index (χ0v) is 22.7. The molecule has 7 rings (SSSR count). The van der Waals surface area contributed by atoms with Crippen molar-refractivity contribution >= 4 is 35.2 Å². The average Bonchev–Trinajstić information content (AvgIpc) is 3.49. The number of carbonyl (C=O) groups excluding carboxylic acids is 4. The number of nitrogens with one attached hydrogen (secondary N) is 1. The van der Waals surface area contributed by atoms with Gasteiger partial charge in [0.15, 0.2) is 11.6 Å². The standard InChI is InChI=1S/C35H26N2O5/c1-21(38)42-25-17-15-24(16-18-25)32(40)30-29(31(39)23-10-3-2-4-11-23)35(27-13-7-8-14-28(27)36-34(35)41)33-26-12-6-5-9-22(26)19-20-37(30)33/h2-20,29-30,33H,1H3,(H,36,41)/t29-,30+,33+,35-/m0/s1. The van der Waals surface area contributed by atoms with Crippen LogP contribution in [0.4, 0.5) is 5.69 Å². The monoisotopic (exact) mass is 554 g/mol. The first-order valence-corrected chi connectivity index (χ1v) is 13.8. The summed E-state index contributed by atoms with van der Waals surface area (Å²) in [6, 6.07) is 28.8. The van der Waals surface area contributed by atoms with Crippen molar-refractivity contribution < 1.29 is 23.9 Å². The summed E-state index contributed by atoms with van der Waals surface area (Å²) in [6.45, 7) is 1.31. The lowest BCUT2D eigenvalue weighted by Crippen LogP contribution is -2.49. The van der Waals surface area contributed by atoms with Gasteiger partial charge in [0, 0.05) is 29.9 Å². The van der Waals surface area contributed by atoms with Crippen LogP contribution in [-0.4, -0.2) is 34.4 Å². The Balaban J connectivity index is 1.48. The van der Waals surface area contributed by atoms with Crippen LogP contribution in [0, 0.1) is 5.92 Å². The predicted octanol–water partition coefficient (Wildman–Crippen LogP) is 5.59. The van der Waals surface area contributed by atoms with E-state index in [0.717, 1.165) is 11.1 Å². The number of carbonyl (C=O) groups is 4. The number of fused-ring (bicyclic) bond motifs is 6. The van der Waals surface area contributed by atoms with Gasteiger partial charge >= 0.3 is 5.97 Å². The molecule has 0 aromatic heterocycles. The van der Waals surface area contributed by atoms with E-state index in [4.69, 9.17) is 4.74 Å². The van der Waals surface area contributed by atoms with Gasteiger partial charge in [-0.2, -0.15) is 0 Å². The maximum Gasteiger partial charge on any atom is 0.308 e. The number of ketones is 2. The van der Waals surface area contributed by atoms with E-state index in [-0.39, 0.29) is 17.5 Å². The highest BCUT2D eigenvalue weighted by Gasteiger charge is 2.70. The molecule has 1 amide bonds. The van der Waals surface area contributed by atoms with Crippen molar-refractivity contribution in [3.63, 3.8) is 0 Å². The second kappa shape index (κ2) is 9.66. The molecule has 3 aliphatic rings. The summed E-state index contributed by atoms with van der Waals surface area (Å²) in [5.74, 6) is -2.10. The van der Waals surface area contributed by atoms with Gasteiger partial charge in [-0.25, -0.2) is 0 Å². The zero-order chi connectivity index (χ0) is 29.0. The number of nitrogens with zero attached hydrogens (tertiary/aromatic N) is 1. The highest BCUT2D eigenvalue weighted by Crippen LogP contribution is 2.62. The number of Topliss-reactive ketones (excluding diaryl/α,β-unsaturated/α-hetero) is 2. The van der Waals surface area contributed by atoms with Crippen LogP contribution in [0.1, 0.15) is 50.4 Å². The minimum absolute atomic E-state index is 0.280. The number of esters is 1. The maximum absolute atomic E-state index is 14.7. The Labute approximate surface area is 242 Å². The average molecular weight is 555 g/mol. The first kappa shape index (κ1) is 25.7. The molecule has 0 aliphatic carbocycles. The molecule has 4 atom stereocenters. The van der Waals surface area contributed by atoms with Crippen molar-refractivity contribution in [3.05, 3.63) is 137 Å². The van der Waals surface area contributed by atoms with Crippen molar-refractivity contribution in [1.29, 1.82) is 0 Å². The van der Waals surface area contributed by atoms with Crippen LogP contribution in [-0.2, 0) is 15.0 Å². The van der Waals surface area contributed by atoms with Crippen molar-refractivity contribution in [1.82, 2.24) is 4.90 Å². The smallest absolute Gasteiger partial charge is 0.308 e. The summed E-state index contributed by atoms with van der Waals surface area (Å²) in [7, 11) is 0. The normalized spacial score (nSPS) is 23.1. The van der Waals surface area contributed by atoms with E-state index in [1.54, 1.807) is 48.5 Å². The van der Waals surface area contributed by atoms with E-state index in [1.807, 2.05) is 71.8 Å². The van der Waals surface area contributed by atoms with Gasteiger partial charge in [0.2, 0.25) is 5.91 Å². The van der Waals surface area contributed by atoms with Crippen LogP contribution in [0.15, 0.2) is 109 Å². The molecule has 4 aromatic carbocycles. The third-order valence-corrected chi connectivity index (χ3v) is 8.58. The van der Waals surface area contributed by atoms with E-state index >= 15 is 0 Å². The van der Waals surface area contributed by atoms with Crippen LogP contribution in [0.3, 0.4) is 0 Å². The van der Waals surface area contributed by atoms with Gasteiger partial charge in [0.25, 0.3) is 0 Å². The molecule has 1 N–H and O–H groups in total. The van der Waals surface area contributed by atoms with Gasteiger partial charge in [-0.05, 0) is 53.1 Å². The molecule has 7 heteroatoms. The molecular weight excluding hydrogens is 528 g/mol. The summed E-state index contributed by atoms with van der Waals surface area (Å²) in [5, 5.41) is 3.05. The number of benzene rings is 4. The molecule has 0 radical (unpaired) electrons. The van der Waals surface area contributed by atoms with Gasteiger partial charge in [-0.1, -0.05) is 72.8 Å². The number of rotatable bonds is 5. The van der Waals surface area contributed by atoms with Crippen molar-refractivity contribution in [2.75, 3.05) is 5.32 Å². The third-order valence-electron chi connectivity index (χ3n) is 8.58. The van der Waals surface area contributed by atoms with Crippen LogP contribution in [0.5, 0.6) is 5.75 Å². The molecule has 0 saturated carbocycles. The Hall–Kier alpha value is -5.30. The van der Waals surface area contributed by atoms with Crippen LogP contribution < -0.4 is 10.1 Å². The summed E-state index contributed by atoms with van der Waals surface area (Å²) in [4.78, 5) is 57.1. The minimum Gasteiger partial charge on any atom is -0.427 e. The van der Waals surface area contributed by atoms with Crippen LogP contribution >= 0.6 is 0 Å². The van der Waals surface area contributed by atoms with E-state index in [2.05, 4.69) is 5.32 Å². The van der Waals surface area contributed by atoms with Gasteiger partial charge in [0.1, 0.15) is 17.2 Å². The molecule has 3 heterocycles. The minimum atomic E-state index is -1.39. The summed E-state index contributed by atoms with van der Waals surface area (Å²) < 4.78 is 5.17. The number of ether oxygens (including phenoxy) is 1. The molecule has 1 fully saturated rings. The lowest BCUT2D eigenvalue weighted by Gasteiger charge is -2.38. The fourth-order valence-corrected chi connectivity index (χ4v) is 6.97. The summed E-state index contributed by atoms with van der Waals surface area (Å²) >= 11 is 0. The second-order valence-corrected chi connectivity index (χ2v) is 10.8. The van der Waals surface area contributed by atoms with Crippen molar-refractivity contribution in [3.8, 4) is 5.75 Å². The molecule has 3 aliphatic heterocycles. The third kappa shape index (κ3) is 3.66. The molecule has 1 saturated heterocycles. The van der Waals surface area contributed by atoms with Gasteiger partial charge < -0.3 is 15.0 Å². The molecular formula is C35H26N2O5. The van der Waals surface area contributed by atoms with E-state index in [9.17, 15) is 19.2 Å². The lowest BCUT2D eigenvalue weighted by molar-refractivity contribution is -0.131. The van der Waals surface area contributed by atoms with Crippen molar-refractivity contribution in [2.45, 2.75) is 24.4 Å². The van der Waals surface area contributed by atoms with Gasteiger partial charge in [0.05, 0.1) is 12.0 Å². The highest BCUT2D eigenvalue weighted by molar-refractivity contribution is 6.16. The second-order valence-electron chi connectivity index (χ2n) is 10.8. The SMILES string of the molecule is CC(=O)Oc1ccc(C(=O)[C@H]2[C@@H](C(=O)c3ccccc3)[C@]3(C(=O)Nc4ccccc43)[C@H]3c4ccccc4C=CN23)cc1. The Morgan fingerprint density at radius 3 is 2.21 bits per heavy atom. The number of para-hydroxylation sites is 1. The fourth-order valence-electron chi connectivity index (χ4n) is 6.97. The number of hydrogen-bond donors (Lipinski definition) is 1. The van der Waals surface area contributed by atoms with E-state index in [0.29, 0.717) is 28.1 Å². The molecule has 42 heavy (non-hydrogen) atoms. The number of anilines is 1. The zero-order valence-electron chi connectivity index (χ0n) is 22.7. The highest BCUT2D eigenvalue weighted by atomic mass is 16.5. The van der Waals surface area contributed by atoms with Gasteiger partial charge in [-0.15, -0.1) is 0 Å². The Morgan fingerprint density at radius 1 is 0.786 bits per heavy atom. The topological polar surface area (TPSA) is 92.8 Å². The number of amides is 1. The molecule has 0 bridgehead atoms. The quantitative estimate of drug-likeness (QED) is 0.196. The Bertz CT molecular complexity index is 1800. The Kier molecular flexibility index (Phi) is 5.90. The molecule has 4 aromatic rings. The molecule has 0 unspecified atom stereocenters. The van der Waals surface area contributed by atoms with E-state index < -0.39 is 29.4 Å². The van der Waals surface area contributed by atoms with Gasteiger partial charge in [-0.3, -0.25) is 19.2 Å². The lowest BCUT2D eigenvalue weighted by atomic mass is 9.62. The first-order chi connectivity index (χ1) is 20.4. The summed E-state index contributed by atoms with van der Waals surface area (Å²) in [6.07, 6.45) is 3.77. The first-order valence-electron chi connectivity index (χ1n) is 13.8. The Morgan fingerprint density at radius 2 is 1.45 bits per heavy atom. The molecule has 1 spiro atoms. The van der Waals surface area contributed by atoms with Crippen molar-refractivity contribution in [2.24, 2.45) is 5.92 Å². The number of hydrogen-bond acceptors (Lipinski definition) is 6. The van der Waals surface area contributed by atoms with Crippen LogP contribution in [0.2, 0.25) is 0 Å².